The van der Waals surface area contributed by atoms with Crippen LogP contribution in [0.25, 0.3) is 0 Å². The molecular weight excluding hydrogens is 389 g/mol. The Kier molecular flexibility index (Phi) is 7.84. The smallest absolute Gasteiger partial charge is 0.226 e. The first-order valence-electron chi connectivity index (χ1n) is 8.26. The van der Waals surface area contributed by atoms with Gasteiger partial charge in [-0.15, -0.1) is 0 Å². The van der Waals surface area contributed by atoms with Gasteiger partial charge in [-0.2, -0.15) is 4.98 Å². The van der Waals surface area contributed by atoms with E-state index in [1.54, 1.807) is 14.0 Å². The number of aliphatic imine (C=N–C) groups is 1. The summed E-state index contributed by atoms with van der Waals surface area (Å²) in [5.41, 5.74) is 0.725. The molecule has 1 heterocycles. The Hall–Kier alpha value is -1.96. The standard InChI is InChI=1S/C17H23BrFN5O/c1-12-23-16(25-24-12)6-4-10-22-17(20-2)21-9-3-5-13-7-8-14(18)11-15(13)19/h7-8,11H,3-6,9-10H2,1-2H3,(H2,20,21,22). The number of aryl methyl sites for hydroxylation is 3. The molecule has 0 saturated heterocycles. The van der Waals surface area contributed by atoms with Crippen molar-refractivity contribution in [2.75, 3.05) is 20.1 Å². The monoisotopic (exact) mass is 411 g/mol. The molecule has 2 rings (SSSR count). The van der Waals surface area contributed by atoms with Crippen molar-refractivity contribution >= 4 is 21.9 Å². The highest BCUT2D eigenvalue weighted by molar-refractivity contribution is 9.10. The van der Waals surface area contributed by atoms with Crippen molar-refractivity contribution in [3.8, 4) is 0 Å². The number of guanidine groups is 1. The topological polar surface area (TPSA) is 75.3 Å². The van der Waals surface area contributed by atoms with Crippen LogP contribution in [0.4, 0.5) is 4.39 Å². The van der Waals surface area contributed by atoms with E-state index < -0.39 is 0 Å². The summed E-state index contributed by atoms with van der Waals surface area (Å²) in [4.78, 5) is 8.34. The van der Waals surface area contributed by atoms with Gasteiger partial charge in [0.2, 0.25) is 5.89 Å². The molecule has 0 bridgehead atoms. The molecule has 0 atom stereocenters. The van der Waals surface area contributed by atoms with Gasteiger partial charge in [0.15, 0.2) is 11.8 Å². The number of nitrogens with zero attached hydrogens (tertiary/aromatic N) is 3. The highest BCUT2D eigenvalue weighted by Crippen LogP contribution is 2.16. The molecule has 0 spiro atoms. The van der Waals surface area contributed by atoms with Gasteiger partial charge >= 0.3 is 0 Å². The molecular formula is C17H23BrFN5O. The number of aromatic nitrogens is 2. The minimum absolute atomic E-state index is 0.173. The van der Waals surface area contributed by atoms with Crippen molar-refractivity contribution in [2.24, 2.45) is 4.99 Å². The van der Waals surface area contributed by atoms with Crippen LogP contribution >= 0.6 is 15.9 Å². The maximum absolute atomic E-state index is 13.7. The average molecular weight is 412 g/mol. The van der Waals surface area contributed by atoms with Gasteiger partial charge in [-0.1, -0.05) is 27.2 Å². The number of hydrogen-bond donors (Lipinski definition) is 2. The summed E-state index contributed by atoms with van der Waals surface area (Å²) < 4.78 is 19.6. The second-order valence-electron chi connectivity index (χ2n) is 5.60. The van der Waals surface area contributed by atoms with E-state index in [1.807, 2.05) is 12.1 Å². The highest BCUT2D eigenvalue weighted by atomic mass is 79.9. The maximum Gasteiger partial charge on any atom is 0.226 e. The van der Waals surface area contributed by atoms with Crippen LogP contribution in [0.2, 0.25) is 0 Å². The van der Waals surface area contributed by atoms with Crippen LogP contribution in [0.1, 0.15) is 30.1 Å². The van der Waals surface area contributed by atoms with Crippen LogP contribution in [0.5, 0.6) is 0 Å². The molecule has 25 heavy (non-hydrogen) atoms. The van der Waals surface area contributed by atoms with Gasteiger partial charge in [0.1, 0.15) is 5.82 Å². The zero-order chi connectivity index (χ0) is 18.1. The Labute approximate surface area is 155 Å². The third kappa shape index (κ3) is 6.81. The molecule has 0 aliphatic rings. The quantitative estimate of drug-likeness (QED) is 0.396. The molecule has 0 aliphatic carbocycles. The van der Waals surface area contributed by atoms with Crippen molar-refractivity contribution in [3.05, 3.63) is 45.8 Å². The highest BCUT2D eigenvalue weighted by Gasteiger charge is 2.04. The Morgan fingerprint density at radius 3 is 2.56 bits per heavy atom. The number of halogens is 2. The molecule has 0 unspecified atom stereocenters. The second kappa shape index (κ2) is 10.1. The van der Waals surface area contributed by atoms with E-state index in [2.05, 4.69) is 41.7 Å². The van der Waals surface area contributed by atoms with Crippen molar-refractivity contribution in [1.82, 2.24) is 20.8 Å². The molecule has 2 aromatic rings. The van der Waals surface area contributed by atoms with E-state index in [4.69, 9.17) is 4.52 Å². The number of nitrogens with one attached hydrogen (secondary N) is 2. The molecule has 0 fully saturated rings. The molecule has 0 radical (unpaired) electrons. The molecule has 8 heteroatoms. The van der Waals surface area contributed by atoms with E-state index >= 15 is 0 Å². The predicted molar refractivity (Wildman–Crippen MR) is 99.1 cm³/mol. The van der Waals surface area contributed by atoms with Crippen molar-refractivity contribution in [1.29, 1.82) is 0 Å². The summed E-state index contributed by atoms with van der Waals surface area (Å²) in [5, 5.41) is 10.2. The zero-order valence-corrected chi connectivity index (χ0v) is 16.1. The van der Waals surface area contributed by atoms with Crippen LogP contribution in [0.15, 0.2) is 32.2 Å². The summed E-state index contributed by atoms with van der Waals surface area (Å²) in [6, 6.07) is 5.16. The Bertz CT molecular complexity index is 704. The van der Waals surface area contributed by atoms with Gasteiger partial charge in [-0.3, -0.25) is 4.99 Å². The predicted octanol–water partition coefficient (Wildman–Crippen LogP) is 3.01. The van der Waals surface area contributed by atoms with Crippen LogP contribution < -0.4 is 10.6 Å². The third-order valence-corrected chi connectivity index (χ3v) is 4.08. The summed E-state index contributed by atoms with van der Waals surface area (Å²) in [6.07, 6.45) is 3.10. The average Bonchev–Trinajstić information content (AvgIpc) is 3.00. The normalized spacial score (nSPS) is 11.6. The summed E-state index contributed by atoms with van der Waals surface area (Å²) in [6.45, 7) is 3.28. The minimum atomic E-state index is -0.173. The summed E-state index contributed by atoms with van der Waals surface area (Å²) >= 11 is 3.26. The van der Waals surface area contributed by atoms with Crippen molar-refractivity contribution in [3.63, 3.8) is 0 Å². The zero-order valence-electron chi connectivity index (χ0n) is 14.5. The van der Waals surface area contributed by atoms with Crippen LogP contribution in [-0.2, 0) is 12.8 Å². The molecule has 136 valence electrons. The maximum atomic E-state index is 13.7. The van der Waals surface area contributed by atoms with Gasteiger partial charge < -0.3 is 15.2 Å². The van der Waals surface area contributed by atoms with Crippen LogP contribution in [0.3, 0.4) is 0 Å². The minimum Gasteiger partial charge on any atom is -0.356 e. The largest absolute Gasteiger partial charge is 0.356 e. The van der Waals surface area contributed by atoms with Crippen molar-refractivity contribution in [2.45, 2.75) is 32.6 Å². The lowest BCUT2D eigenvalue weighted by Crippen LogP contribution is -2.38. The first kappa shape index (κ1) is 19.4. The fourth-order valence-electron chi connectivity index (χ4n) is 2.32. The van der Waals surface area contributed by atoms with Crippen molar-refractivity contribution < 1.29 is 8.91 Å². The van der Waals surface area contributed by atoms with Crippen LogP contribution in [0, 0.1) is 12.7 Å². The van der Waals surface area contributed by atoms with Gasteiger partial charge in [-0.25, -0.2) is 4.39 Å². The first-order valence-corrected chi connectivity index (χ1v) is 9.05. The van der Waals surface area contributed by atoms with Gasteiger partial charge in [0.25, 0.3) is 0 Å². The number of hydrogen-bond acceptors (Lipinski definition) is 4. The lowest BCUT2D eigenvalue weighted by molar-refractivity contribution is 0.372. The Morgan fingerprint density at radius 2 is 1.96 bits per heavy atom. The molecule has 6 nitrogen and oxygen atoms in total. The molecule has 0 saturated carbocycles. The molecule has 2 N–H and O–H groups in total. The lowest BCUT2D eigenvalue weighted by Gasteiger charge is -2.11. The fourth-order valence-corrected chi connectivity index (χ4v) is 2.65. The van der Waals surface area contributed by atoms with Crippen LogP contribution in [-0.4, -0.2) is 36.2 Å². The molecule has 1 aromatic heterocycles. The number of benzene rings is 1. The fraction of sp³-hybridized carbons (Fsp3) is 0.471. The Morgan fingerprint density at radius 1 is 1.24 bits per heavy atom. The van der Waals surface area contributed by atoms with Gasteiger partial charge in [-0.05, 0) is 43.9 Å². The first-order chi connectivity index (χ1) is 12.1. The van der Waals surface area contributed by atoms with E-state index in [1.165, 1.54) is 6.07 Å². The molecule has 0 amide bonds. The Balaban J connectivity index is 1.61. The number of rotatable bonds is 8. The summed E-state index contributed by atoms with van der Waals surface area (Å²) in [7, 11) is 1.73. The van der Waals surface area contributed by atoms with E-state index in [9.17, 15) is 4.39 Å². The summed E-state index contributed by atoms with van der Waals surface area (Å²) in [5.74, 6) is 1.87. The van der Waals surface area contributed by atoms with Gasteiger partial charge in [0, 0.05) is 31.0 Å². The molecule has 1 aromatic carbocycles. The SMILES string of the molecule is CN=C(NCCCc1nc(C)no1)NCCCc1ccc(Br)cc1F. The molecule has 0 aliphatic heterocycles. The van der Waals surface area contributed by atoms with E-state index in [-0.39, 0.29) is 5.82 Å². The lowest BCUT2D eigenvalue weighted by atomic mass is 10.1. The second-order valence-corrected chi connectivity index (χ2v) is 6.52. The van der Waals surface area contributed by atoms with E-state index in [0.29, 0.717) is 18.1 Å². The van der Waals surface area contributed by atoms with Gasteiger partial charge in [0.05, 0.1) is 0 Å². The third-order valence-electron chi connectivity index (χ3n) is 3.58. The van der Waals surface area contributed by atoms with E-state index in [0.717, 1.165) is 48.3 Å².